The third kappa shape index (κ3) is 2.20. The van der Waals surface area contributed by atoms with Crippen LogP contribution in [0, 0.1) is 13.8 Å². The van der Waals surface area contributed by atoms with Gasteiger partial charge in [-0.05, 0) is 59.1 Å². The van der Waals surface area contributed by atoms with Gasteiger partial charge in [0.25, 0.3) is 0 Å². The maximum atomic E-state index is 12.3. The largest absolute Gasteiger partial charge is 0.496 e. The fourth-order valence-corrected chi connectivity index (χ4v) is 2.11. The van der Waals surface area contributed by atoms with Crippen LogP contribution in [0.25, 0.3) is 0 Å². The number of hydrogen-bond donors (Lipinski definition) is 0. The lowest BCUT2D eigenvalue weighted by molar-refractivity contribution is 0.100. The highest BCUT2D eigenvalue weighted by Gasteiger charge is 2.19. The van der Waals surface area contributed by atoms with Crippen molar-refractivity contribution in [1.29, 1.82) is 0 Å². The first-order valence-electron chi connectivity index (χ1n) is 5.49. The Labute approximate surface area is 114 Å². The fraction of sp³-hybridized carbons (Fsp3) is 0.214. The van der Waals surface area contributed by atoms with Crippen LogP contribution in [-0.4, -0.2) is 12.9 Å². The van der Waals surface area contributed by atoms with Crippen molar-refractivity contribution in [3.05, 3.63) is 51.4 Å². The Morgan fingerprint density at radius 2 is 1.94 bits per heavy atom. The van der Waals surface area contributed by atoms with Crippen LogP contribution in [0.3, 0.4) is 0 Å². The Morgan fingerprint density at radius 3 is 2.50 bits per heavy atom. The van der Waals surface area contributed by atoms with Crippen LogP contribution in [0.2, 0.25) is 0 Å². The lowest BCUT2D eigenvalue weighted by atomic mass is 10.0. The van der Waals surface area contributed by atoms with Gasteiger partial charge in [-0.3, -0.25) is 4.79 Å². The molecule has 0 bridgehead atoms. The summed E-state index contributed by atoms with van der Waals surface area (Å²) in [5, 5.41) is 0. The van der Waals surface area contributed by atoms with Crippen LogP contribution in [0.5, 0.6) is 5.75 Å². The van der Waals surface area contributed by atoms with Crippen LogP contribution in [0.1, 0.15) is 27.2 Å². The second-order valence-electron chi connectivity index (χ2n) is 4.02. The number of halogens is 1. The molecule has 0 aliphatic rings. The molecule has 1 heterocycles. The van der Waals surface area contributed by atoms with Crippen molar-refractivity contribution in [1.82, 2.24) is 0 Å². The topological polar surface area (TPSA) is 39.4 Å². The van der Waals surface area contributed by atoms with Crippen LogP contribution in [0.4, 0.5) is 0 Å². The molecule has 18 heavy (non-hydrogen) atoms. The summed E-state index contributed by atoms with van der Waals surface area (Å²) < 4.78 is 11.1. The minimum Gasteiger partial charge on any atom is -0.496 e. The molecular formula is C14H13BrO3. The normalized spacial score (nSPS) is 10.4. The van der Waals surface area contributed by atoms with Crippen molar-refractivity contribution in [3.63, 3.8) is 0 Å². The van der Waals surface area contributed by atoms with Gasteiger partial charge in [0.1, 0.15) is 5.75 Å². The maximum Gasteiger partial charge on any atom is 0.231 e. The van der Waals surface area contributed by atoms with E-state index < -0.39 is 0 Å². The summed E-state index contributed by atoms with van der Waals surface area (Å²) >= 11 is 3.18. The smallest absolute Gasteiger partial charge is 0.231 e. The molecule has 0 aliphatic heterocycles. The van der Waals surface area contributed by atoms with E-state index in [0.29, 0.717) is 21.7 Å². The van der Waals surface area contributed by atoms with Gasteiger partial charge >= 0.3 is 0 Å². The molecule has 4 heteroatoms. The highest BCUT2D eigenvalue weighted by atomic mass is 79.9. The second kappa shape index (κ2) is 4.98. The molecule has 0 aliphatic carbocycles. The Kier molecular flexibility index (Phi) is 3.57. The summed E-state index contributed by atoms with van der Waals surface area (Å²) in [5.41, 5.74) is 2.57. The van der Waals surface area contributed by atoms with Gasteiger partial charge in [-0.2, -0.15) is 0 Å². The van der Waals surface area contributed by atoms with E-state index in [1.807, 2.05) is 19.9 Å². The predicted octanol–water partition coefficient (Wildman–Crippen LogP) is 3.90. The molecule has 0 fully saturated rings. The minimum absolute atomic E-state index is 0.180. The van der Waals surface area contributed by atoms with E-state index in [9.17, 15) is 4.79 Å². The van der Waals surface area contributed by atoms with E-state index in [2.05, 4.69) is 15.9 Å². The number of furan rings is 1. The number of carbonyl (C=O) groups is 1. The van der Waals surface area contributed by atoms with Crippen molar-refractivity contribution >= 4 is 21.7 Å². The standard InChI is InChI=1S/C14H13BrO3/c1-8-4-5-10(14(17-3)9(8)2)13(16)11-6-7-12(15)18-11/h4-7H,1-3H3. The average Bonchev–Trinajstić information content (AvgIpc) is 2.78. The van der Waals surface area contributed by atoms with Gasteiger partial charge in [-0.15, -0.1) is 0 Å². The molecule has 3 nitrogen and oxygen atoms in total. The van der Waals surface area contributed by atoms with Crippen LogP contribution in [0.15, 0.2) is 33.4 Å². The summed E-state index contributed by atoms with van der Waals surface area (Å²) in [6.07, 6.45) is 0. The lowest BCUT2D eigenvalue weighted by Crippen LogP contribution is -2.05. The Bertz CT molecular complexity index is 599. The summed E-state index contributed by atoms with van der Waals surface area (Å²) in [6, 6.07) is 7.00. The predicted molar refractivity (Wildman–Crippen MR) is 72.3 cm³/mol. The van der Waals surface area contributed by atoms with Gasteiger partial charge in [0.05, 0.1) is 12.7 Å². The van der Waals surface area contributed by atoms with Crippen molar-refractivity contribution in [3.8, 4) is 5.75 Å². The molecule has 94 valence electrons. The molecule has 0 amide bonds. The average molecular weight is 309 g/mol. The number of methoxy groups -OCH3 is 1. The molecule has 0 saturated heterocycles. The van der Waals surface area contributed by atoms with E-state index in [0.717, 1.165) is 11.1 Å². The van der Waals surface area contributed by atoms with Gasteiger partial charge in [-0.25, -0.2) is 0 Å². The SMILES string of the molecule is COc1c(C(=O)c2ccc(Br)o2)ccc(C)c1C. The molecule has 0 radical (unpaired) electrons. The summed E-state index contributed by atoms with van der Waals surface area (Å²) in [4.78, 5) is 12.3. The van der Waals surface area contributed by atoms with Gasteiger partial charge in [-0.1, -0.05) is 6.07 Å². The number of ether oxygens (including phenoxy) is 1. The summed E-state index contributed by atoms with van der Waals surface area (Å²) in [7, 11) is 1.57. The fourth-order valence-electron chi connectivity index (χ4n) is 1.80. The van der Waals surface area contributed by atoms with Gasteiger partial charge in [0.15, 0.2) is 10.4 Å². The van der Waals surface area contributed by atoms with E-state index in [1.54, 1.807) is 25.3 Å². The Hall–Kier alpha value is -1.55. The quantitative estimate of drug-likeness (QED) is 0.807. The molecule has 0 unspecified atom stereocenters. The van der Waals surface area contributed by atoms with Gasteiger partial charge < -0.3 is 9.15 Å². The third-order valence-electron chi connectivity index (χ3n) is 2.92. The number of aryl methyl sites for hydroxylation is 1. The van der Waals surface area contributed by atoms with Crippen molar-refractivity contribution in [2.75, 3.05) is 7.11 Å². The number of ketones is 1. The second-order valence-corrected chi connectivity index (χ2v) is 4.80. The van der Waals surface area contributed by atoms with E-state index in [1.165, 1.54) is 0 Å². The lowest BCUT2D eigenvalue weighted by Gasteiger charge is -2.11. The van der Waals surface area contributed by atoms with Crippen LogP contribution in [-0.2, 0) is 0 Å². The van der Waals surface area contributed by atoms with Crippen molar-refractivity contribution < 1.29 is 13.9 Å². The van der Waals surface area contributed by atoms with Crippen molar-refractivity contribution in [2.24, 2.45) is 0 Å². The first kappa shape index (κ1) is 12.9. The van der Waals surface area contributed by atoms with E-state index >= 15 is 0 Å². The molecular weight excluding hydrogens is 296 g/mol. The molecule has 0 N–H and O–H groups in total. The minimum atomic E-state index is -0.180. The molecule has 0 saturated carbocycles. The van der Waals surface area contributed by atoms with Crippen LogP contribution < -0.4 is 4.74 Å². The monoisotopic (exact) mass is 308 g/mol. The molecule has 2 aromatic rings. The number of rotatable bonds is 3. The van der Waals surface area contributed by atoms with E-state index in [4.69, 9.17) is 9.15 Å². The molecule has 1 aromatic carbocycles. The first-order valence-corrected chi connectivity index (χ1v) is 6.28. The van der Waals surface area contributed by atoms with Gasteiger partial charge in [0, 0.05) is 0 Å². The highest BCUT2D eigenvalue weighted by molar-refractivity contribution is 9.10. The van der Waals surface area contributed by atoms with Crippen LogP contribution >= 0.6 is 15.9 Å². The Morgan fingerprint density at radius 1 is 1.22 bits per heavy atom. The number of carbonyl (C=O) groups excluding carboxylic acids is 1. The molecule has 2 rings (SSSR count). The van der Waals surface area contributed by atoms with Crippen molar-refractivity contribution in [2.45, 2.75) is 13.8 Å². The number of hydrogen-bond acceptors (Lipinski definition) is 3. The third-order valence-corrected chi connectivity index (χ3v) is 3.35. The zero-order chi connectivity index (χ0) is 13.3. The molecule has 0 spiro atoms. The summed E-state index contributed by atoms with van der Waals surface area (Å²) in [6.45, 7) is 3.92. The Balaban J connectivity index is 2.51. The zero-order valence-electron chi connectivity index (χ0n) is 10.4. The highest BCUT2D eigenvalue weighted by Crippen LogP contribution is 2.29. The maximum absolute atomic E-state index is 12.3. The zero-order valence-corrected chi connectivity index (χ0v) is 12.0. The molecule has 0 atom stereocenters. The molecule has 1 aromatic heterocycles. The number of benzene rings is 1. The van der Waals surface area contributed by atoms with Gasteiger partial charge in [0.2, 0.25) is 5.78 Å². The summed E-state index contributed by atoms with van der Waals surface area (Å²) in [5.74, 6) is 0.719. The van der Waals surface area contributed by atoms with E-state index in [-0.39, 0.29) is 5.78 Å². The first-order chi connectivity index (χ1) is 8.54.